The number of carbonyl (C=O) groups is 1. The van der Waals surface area contributed by atoms with Crippen molar-refractivity contribution in [1.82, 2.24) is 10.3 Å². The second kappa shape index (κ2) is 9.21. The van der Waals surface area contributed by atoms with E-state index >= 15 is 0 Å². The Labute approximate surface area is 159 Å². The molecule has 0 fully saturated rings. The molecule has 1 N–H and O–H groups in total. The van der Waals surface area contributed by atoms with Gasteiger partial charge < -0.3 is 14.5 Å². The van der Waals surface area contributed by atoms with Crippen LogP contribution in [0.1, 0.15) is 36.8 Å². The quantitative estimate of drug-likeness (QED) is 0.576. The minimum Gasteiger partial charge on any atom is -0.492 e. The van der Waals surface area contributed by atoms with Crippen LogP contribution in [0.4, 0.5) is 0 Å². The van der Waals surface area contributed by atoms with E-state index in [0.29, 0.717) is 38.3 Å². The third-order valence-corrected chi connectivity index (χ3v) is 4.41. The first-order valence-electron chi connectivity index (χ1n) is 9.48. The summed E-state index contributed by atoms with van der Waals surface area (Å²) in [5, 5.41) is 2.88. The number of oxazole rings is 1. The maximum absolute atomic E-state index is 11.9. The number of aromatic nitrogens is 1. The second-order valence-electron chi connectivity index (χ2n) is 6.63. The van der Waals surface area contributed by atoms with Crippen molar-refractivity contribution in [2.24, 2.45) is 0 Å². The molecule has 0 unspecified atom stereocenters. The zero-order valence-electron chi connectivity index (χ0n) is 16.0. The van der Waals surface area contributed by atoms with Crippen LogP contribution in [-0.4, -0.2) is 24.0 Å². The van der Waals surface area contributed by atoms with Crippen LogP contribution in [0.2, 0.25) is 0 Å². The van der Waals surface area contributed by atoms with Gasteiger partial charge in [0.25, 0.3) is 0 Å². The molecule has 0 spiro atoms. The van der Waals surface area contributed by atoms with Crippen molar-refractivity contribution in [3.8, 4) is 5.75 Å². The van der Waals surface area contributed by atoms with Gasteiger partial charge in [-0.1, -0.05) is 25.1 Å². The number of benzene rings is 2. The van der Waals surface area contributed by atoms with Gasteiger partial charge in [0.05, 0.1) is 6.54 Å². The highest BCUT2D eigenvalue weighted by Gasteiger charge is 2.07. The van der Waals surface area contributed by atoms with Crippen LogP contribution in [0.5, 0.6) is 5.75 Å². The van der Waals surface area contributed by atoms with Gasteiger partial charge >= 0.3 is 0 Å². The van der Waals surface area contributed by atoms with E-state index in [0.717, 1.165) is 28.8 Å². The number of fused-ring (bicyclic) bond motifs is 1. The molecule has 0 saturated heterocycles. The molecule has 0 bridgehead atoms. The highest BCUT2D eigenvalue weighted by molar-refractivity contribution is 5.76. The Balaban J connectivity index is 1.33. The number of nitrogens with zero attached hydrogens (tertiary/aromatic N) is 1. The molecule has 5 heteroatoms. The number of nitrogens with one attached hydrogen (secondary N) is 1. The Morgan fingerprint density at radius 3 is 2.78 bits per heavy atom. The van der Waals surface area contributed by atoms with Crippen LogP contribution >= 0.6 is 0 Å². The molecular weight excluding hydrogens is 340 g/mol. The second-order valence-corrected chi connectivity index (χ2v) is 6.63. The topological polar surface area (TPSA) is 64.4 Å². The normalized spacial score (nSPS) is 10.9. The van der Waals surface area contributed by atoms with Crippen LogP contribution < -0.4 is 10.1 Å². The van der Waals surface area contributed by atoms with Crippen molar-refractivity contribution >= 4 is 17.0 Å². The molecule has 3 aromatic rings. The minimum absolute atomic E-state index is 0.0203. The summed E-state index contributed by atoms with van der Waals surface area (Å²) in [5.41, 5.74) is 4.11. The number of ether oxygens (including phenoxy) is 1. The fourth-order valence-corrected chi connectivity index (χ4v) is 2.86. The average Bonchev–Trinajstić information content (AvgIpc) is 3.07. The monoisotopic (exact) mass is 366 g/mol. The number of hydrogen-bond acceptors (Lipinski definition) is 4. The number of aryl methyl sites for hydroxylation is 3. The molecule has 3 rings (SSSR count). The lowest BCUT2D eigenvalue weighted by atomic mass is 10.2. The summed E-state index contributed by atoms with van der Waals surface area (Å²) in [6.07, 6.45) is 2.82. The van der Waals surface area contributed by atoms with Gasteiger partial charge in [0.1, 0.15) is 17.9 Å². The van der Waals surface area contributed by atoms with Crippen LogP contribution in [-0.2, 0) is 17.6 Å². The number of hydrogen-bond donors (Lipinski definition) is 1. The van der Waals surface area contributed by atoms with Gasteiger partial charge in [-0.25, -0.2) is 4.98 Å². The van der Waals surface area contributed by atoms with Gasteiger partial charge in [0.15, 0.2) is 11.5 Å². The molecule has 0 aliphatic rings. The van der Waals surface area contributed by atoms with E-state index in [1.807, 2.05) is 37.3 Å². The van der Waals surface area contributed by atoms with Crippen molar-refractivity contribution in [2.75, 3.05) is 13.2 Å². The van der Waals surface area contributed by atoms with Crippen molar-refractivity contribution in [3.05, 3.63) is 59.5 Å². The predicted molar refractivity (Wildman–Crippen MR) is 106 cm³/mol. The molecule has 0 radical (unpaired) electrons. The molecule has 1 aromatic heterocycles. The lowest BCUT2D eigenvalue weighted by Gasteiger charge is -2.08. The first kappa shape index (κ1) is 19.0. The third-order valence-electron chi connectivity index (χ3n) is 4.41. The van der Waals surface area contributed by atoms with Crippen LogP contribution in [0.3, 0.4) is 0 Å². The summed E-state index contributed by atoms with van der Waals surface area (Å²) in [5.74, 6) is 1.53. The zero-order valence-corrected chi connectivity index (χ0v) is 16.0. The zero-order chi connectivity index (χ0) is 19.1. The lowest BCUT2D eigenvalue weighted by Crippen LogP contribution is -2.27. The summed E-state index contributed by atoms with van der Waals surface area (Å²) in [6, 6.07) is 14.0. The van der Waals surface area contributed by atoms with Crippen molar-refractivity contribution in [3.63, 3.8) is 0 Å². The van der Waals surface area contributed by atoms with Crippen molar-refractivity contribution in [1.29, 1.82) is 0 Å². The Kier molecular flexibility index (Phi) is 6.47. The first-order valence-corrected chi connectivity index (χ1v) is 9.48. The van der Waals surface area contributed by atoms with Gasteiger partial charge in [0.2, 0.25) is 5.91 Å². The first-order chi connectivity index (χ1) is 13.1. The van der Waals surface area contributed by atoms with E-state index in [4.69, 9.17) is 9.15 Å². The van der Waals surface area contributed by atoms with E-state index in [2.05, 4.69) is 29.4 Å². The summed E-state index contributed by atoms with van der Waals surface area (Å²) >= 11 is 0. The predicted octanol–water partition coefficient (Wildman–Crippen LogP) is 4.22. The highest BCUT2D eigenvalue weighted by Crippen LogP contribution is 2.18. The van der Waals surface area contributed by atoms with Gasteiger partial charge in [-0.05, 0) is 55.2 Å². The SMILES string of the molecule is CCc1ccc(OCCNC(=O)CCCc2nc3cc(C)ccc3o2)cc1. The molecule has 2 aromatic carbocycles. The van der Waals surface area contributed by atoms with E-state index in [1.165, 1.54) is 5.56 Å². The summed E-state index contributed by atoms with van der Waals surface area (Å²) in [7, 11) is 0. The summed E-state index contributed by atoms with van der Waals surface area (Å²) < 4.78 is 11.3. The van der Waals surface area contributed by atoms with E-state index in [1.54, 1.807) is 0 Å². The summed E-state index contributed by atoms with van der Waals surface area (Å²) in [4.78, 5) is 16.4. The molecule has 5 nitrogen and oxygen atoms in total. The molecule has 0 aliphatic carbocycles. The smallest absolute Gasteiger partial charge is 0.220 e. The molecule has 0 atom stereocenters. The molecular formula is C22H26N2O3. The van der Waals surface area contributed by atoms with E-state index in [-0.39, 0.29) is 5.91 Å². The van der Waals surface area contributed by atoms with Crippen LogP contribution in [0.25, 0.3) is 11.1 Å². The Morgan fingerprint density at radius 1 is 1.19 bits per heavy atom. The standard InChI is InChI=1S/C22H26N2O3/c1-3-17-8-10-18(11-9-17)26-14-13-23-21(25)5-4-6-22-24-19-15-16(2)7-12-20(19)27-22/h7-12,15H,3-6,13-14H2,1-2H3,(H,23,25). The molecule has 27 heavy (non-hydrogen) atoms. The lowest BCUT2D eigenvalue weighted by molar-refractivity contribution is -0.121. The largest absolute Gasteiger partial charge is 0.492 e. The van der Waals surface area contributed by atoms with Crippen molar-refractivity contribution < 1.29 is 13.9 Å². The Bertz CT molecular complexity index is 884. The molecule has 142 valence electrons. The van der Waals surface area contributed by atoms with Crippen LogP contribution in [0, 0.1) is 6.92 Å². The highest BCUT2D eigenvalue weighted by atomic mass is 16.5. The number of carbonyl (C=O) groups excluding carboxylic acids is 1. The van der Waals surface area contributed by atoms with E-state index in [9.17, 15) is 4.79 Å². The van der Waals surface area contributed by atoms with E-state index < -0.39 is 0 Å². The molecule has 0 aliphatic heterocycles. The summed E-state index contributed by atoms with van der Waals surface area (Å²) in [6.45, 7) is 5.11. The maximum Gasteiger partial charge on any atom is 0.220 e. The van der Waals surface area contributed by atoms with Gasteiger partial charge in [-0.2, -0.15) is 0 Å². The van der Waals surface area contributed by atoms with Gasteiger partial charge in [0, 0.05) is 12.8 Å². The molecule has 0 saturated carbocycles. The molecule has 1 amide bonds. The minimum atomic E-state index is 0.0203. The molecule has 1 heterocycles. The van der Waals surface area contributed by atoms with Gasteiger partial charge in [-0.15, -0.1) is 0 Å². The van der Waals surface area contributed by atoms with Crippen LogP contribution in [0.15, 0.2) is 46.9 Å². The maximum atomic E-state index is 11.9. The van der Waals surface area contributed by atoms with Crippen molar-refractivity contribution in [2.45, 2.75) is 39.5 Å². The third kappa shape index (κ3) is 5.58. The Morgan fingerprint density at radius 2 is 2.00 bits per heavy atom. The fourth-order valence-electron chi connectivity index (χ4n) is 2.86. The number of amides is 1. The average molecular weight is 366 g/mol. The van der Waals surface area contributed by atoms with Gasteiger partial charge in [-0.3, -0.25) is 4.79 Å². The number of rotatable bonds is 9. The Hall–Kier alpha value is -2.82. The fraction of sp³-hybridized carbons (Fsp3) is 0.364.